The standard InChI is InChI=1S/C16H16N4O/c1-11-6-5-8-13(12(11)2)17-16(21)10-20-15-9-4-3-7-14(15)18-19-20/h3-9H,10H2,1-2H3,(H,17,21). The number of carbonyl (C=O) groups excluding carboxylic acids is 1. The molecule has 1 amide bonds. The number of aryl methyl sites for hydroxylation is 1. The highest BCUT2D eigenvalue weighted by molar-refractivity contribution is 5.92. The van der Waals surface area contributed by atoms with E-state index < -0.39 is 0 Å². The van der Waals surface area contributed by atoms with E-state index in [1.54, 1.807) is 4.68 Å². The molecular formula is C16H16N4O. The molecule has 0 unspecified atom stereocenters. The van der Waals surface area contributed by atoms with Gasteiger partial charge in [0, 0.05) is 5.69 Å². The zero-order valence-electron chi connectivity index (χ0n) is 12.0. The van der Waals surface area contributed by atoms with Crippen molar-refractivity contribution in [2.45, 2.75) is 20.4 Å². The number of rotatable bonds is 3. The van der Waals surface area contributed by atoms with Crippen molar-refractivity contribution in [3.8, 4) is 0 Å². The molecule has 0 atom stereocenters. The maximum atomic E-state index is 12.2. The van der Waals surface area contributed by atoms with Gasteiger partial charge in [-0.2, -0.15) is 0 Å². The second-order valence-corrected chi connectivity index (χ2v) is 5.03. The minimum atomic E-state index is -0.112. The van der Waals surface area contributed by atoms with Crippen LogP contribution in [0.5, 0.6) is 0 Å². The molecule has 1 N–H and O–H groups in total. The Hall–Kier alpha value is -2.69. The summed E-state index contributed by atoms with van der Waals surface area (Å²) in [4.78, 5) is 12.2. The van der Waals surface area contributed by atoms with Crippen LogP contribution in [-0.4, -0.2) is 20.9 Å². The predicted octanol–water partition coefficient (Wildman–Crippen LogP) is 2.69. The molecule has 1 aromatic heterocycles. The molecule has 0 spiro atoms. The van der Waals surface area contributed by atoms with Crippen LogP contribution in [0.3, 0.4) is 0 Å². The van der Waals surface area contributed by atoms with E-state index in [0.29, 0.717) is 0 Å². The van der Waals surface area contributed by atoms with Gasteiger partial charge in [0.25, 0.3) is 0 Å². The smallest absolute Gasteiger partial charge is 0.246 e. The fraction of sp³-hybridized carbons (Fsp3) is 0.188. The van der Waals surface area contributed by atoms with Gasteiger partial charge in [-0.25, -0.2) is 4.68 Å². The van der Waals surface area contributed by atoms with E-state index in [0.717, 1.165) is 27.8 Å². The first kappa shape index (κ1) is 13.3. The van der Waals surface area contributed by atoms with Crippen LogP contribution in [0.4, 0.5) is 5.69 Å². The number of fused-ring (bicyclic) bond motifs is 1. The summed E-state index contributed by atoms with van der Waals surface area (Å²) in [6, 6.07) is 13.4. The highest BCUT2D eigenvalue weighted by Crippen LogP contribution is 2.18. The van der Waals surface area contributed by atoms with Gasteiger partial charge in [0.05, 0.1) is 5.52 Å². The normalized spacial score (nSPS) is 10.8. The maximum absolute atomic E-state index is 12.2. The summed E-state index contributed by atoms with van der Waals surface area (Å²) in [5, 5.41) is 11.0. The lowest BCUT2D eigenvalue weighted by Crippen LogP contribution is -2.20. The molecule has 0 saturated heterocycles. The lowest BCUT2D eigenvalue weighted by atomic mass is 10.1. The third-order valence-corrected chi connectivity index (χ3v) is 3.59. The number of hydrogen-bond acceptors (Lipinski definition) is 3. The van der Waals surface area contributed by atoms with Crippen LogP contribution < -0.4 is 5.32 Å². The van der Waals surface area contributed by atoms with Gasteiger partial charge in [-0.05, 0) is 43.2 Å². The molecule has 1 heterocycles. The minimum Gasteiger partial charge on any atom is -0.324 e. The Bertz CT molecular complexity index is 807. The number of amides is 1. The van der Waals surface area contributed by atoms with E-state index >= 15 is 0 Å². The highest BCUT2D eigenvalue weighted by Gasteiger charge is 2.10. The Balaban J connectivity index is 1.79. The number of nitrogens with one attached hydrogen (secondary N) is 1. The zero-order valence-corrected chi connectivity index (χ0v) is 12.0. The van der Waals surface area contributed by atoms with Gasteiger partial charge in [-0.15, -0.1) is 5.10 Å². The molecule has 3 rings (SSSR count). The molecule has 21 heavy (non-hydrogen) atoms. The van der Waals surface area contributed by atoms with Crippen molar-refractivity contribution >= 4 is 22.6 Å². The van der Waals surface area contributed by atoms with Crippen LogP contribution >= 0.6 is 0 Å². The lowest BCUT2D eigenvalue weighted by Gasteiger charge is -2.10. The number of carbonyl (C=O) groups is 1. The first-order valence-corrected chi connectivity index (χ1v) is 6.79. The average molecular weight is 280 g/mol. The van der Waals surface area contributed by atoms with Crippen LogP contribution in [0.15, 0.2) is 42.5 Å². The quantitative estimate of drug-likeness (QED) is 0.802. The maximum Gasteiger partial charge on any atom is 0.246 e. The molecule has 2 aromatic carbocycles. The molecule has 5 nitrogen and oxygen atoms in total. The second-order valence-electron chi connectivity index (χ2n) is 5.03. The third kappa shape index (κ3) is 2.63. The Morgan fingerprint density at radius 2 is 1.95 bits per heavy atom. The first-order chi connectivity index (χ1) is 10.1. The van der Waals surface area contributed by atoms with Crippen LogP contribution in [0, 0.1) is 13.8 Å². The molecule has 0 radical (unpaired) electrons. The third-order valence-electron chi connectivity index (χ3n) is 3.59. The van der Waals surface area contributed by atoms with Crippen molar-refractivity contribution in [2.24, 2.45) is 0 Å². The number of benzene rings is 2. The molecule has 106 valence electrons. The number of hydrogen-bond donors (Lipinski definition) is 1. The zero-order chi connectivity index (χ0) is 14.8. The van der Waals surface area contributed by atoms with Crippen LogP contribution in [0.1, 0.15) is 11.1 Å². The van der Waals surface area contributed by atoms with Crippen molar-refractivity contribution in [3.05, 3.63) is 53.6 Å². The van der Waals surface area contributed by atoms with Gasteiger partial charge in [0.1, 0.15) is 12.1 Å². The molecule has 0 fully saturated rings. The molecule has 0 aliphatic carbocycles. The molecule has 0 aliphatic rings. The number of nitrogens with zero attached hydrogens (tertiary/aromatic N) is 3. The van der Waals surface area contributed by atoms with Crippen molar-refractivity contribution in [1.82, 2.24) is 15.0 Å². The van der Waals surface area contributed by atoms with Crippen molar-refractivity contribution < 1.29 is 4.79 Å². The molecule has 0 bridgehead atoms. The first-order valence-electron chi connectivity index (χ1n) is 6.79. The summed E-state index contributed by atoms with van der Waals surface area (Å²) in [7, 11) is 0. The summed E-state index contributed by atoms with van der Waals surface area (Å²) < 4.78 is 1.61. The summed E-state index contributed by atoms with van der Waals surface area (Å²) >= 11 is 0. The monoisotopic (exact) mass is 280 g/mol. The highest BCUT2D eigenvalue weighted by atomic mass is 16.2. The summed E-state index contributed by atoms with van der Waals surface area (Å²) in [5.74, 6) is -0.112. The Morgan fingerprint density at radius 1 is 1.14 bits per heavy atom. The average Bonchev–Trinajstić information content (AvgIpc) is 2.87. The van der Waals surface area contributed by atoms with Gasteiger partial charge in [-0.1, -0.05) is 29.5 Å². The predicted molar refractivity (Wildman–Crippen MR) is 82.1 cm³/mol. The van der Waals surface area contributed by atoms with Crippen LogP contribution in [0.25, 0.3) is 11.0 Å². The summed E-state index contributed by atoms with van der Waals surface area (Å²) in [6.45, 7) is 4.17. The van der Waals surface area contributed by atoms with E-state index in [9.17, 15) is 4.79 Å². The molecule has 5 heteroatoms. The summed E-state index contributed by atoms with van der Waals surface area (Å²) in [5.41, 5.74) is 4.71. The Labute approximate surface area is 122 Å². The molecule has 0 saturated carbocycles. The van der Waals surface area contributed by atoms with Crippen LogP contribution in [0.2, 0.25) is 0 Å². The van der Waals surface area contributed by atoms with Crippen molar-refractivity contribution in [2.75, 3.05) is 5.32 Å². The number of anilines is 1. The van der Waals surface area contributed by atoms with Crippen molar-refractivity contribution in [1.29, 1.82) is 0 Å². The van der Waals surface area contributed by atoms with E-state index in [2.05, 4.69) is 15.6 Å². The molecular weight excluding hydrogens is 264 g/mol. The lowest BCUT2D eigenvalue weighted by molar-refractivity contribution is -0.116. The largest absolute Gasteiger partial charge is 0.324 e. The van der Waals surface area contributed by atoms with Gasteiger partial charge < -0.3 is 5.32 Å². The van der Waals surface area contributed by atoms with E-state index in [4.69, 9.17) is 0 Å². The van der Waals surface area contributed by atoms with Crippen molar-refractivity contribution in [3.63, 3.8) is 0 Å². The molecule has 0 aliphatic heterocycles. The Kier molecular flexibility index (Phi) is 3.39. The van der Waals surface area contributed by atoms with Gasteiger partial charge in [0.2, 0.25) is 5.91 Å². The van der Waals surface area contributed by atoms with Gasteiger partial charge in [-0.3, -0.25) is 4.79 Å². The Morgan fingerprint density at radius 3 is 2.81 bits per heavy atom. The van der Waals surface area contributed by atoms with Gasteiger partial charge >= 0.3 is 0 Å². The number of para-hydroxylation sites is 1. The molecule has 3 aromatic rings. The fourth-order valence-electron chi connectivity index (χ4n) is 2.25. The van der Waals surface area contributed by atoms with E-state index in [-0.39, 0.29) is 12.5 Å². The second kappa shape index (κ2) is 5.36. The topological polar surface area (TPSA) is 59.8 Å². The fourth-order valence-corrected chi connectivity index (χ4v) is 2.25. The van der Waals surface area contributed by atoms with Crippen LogP contribution in [-0.2, 0) is 11.3 Å². The SMILES string of the molecule is Cc1cccc(NC(=O)Cn2nnc3ccccc32)c1C. The minimum absolute atomic E-state index is 0.112. The van der Waals surface area contributed by atoms with Gasteiger partial charge in [0.15, 0.2) is 0 Å². The van der Waals surface area contributed by atoms with E-state index in [1.165, 1.54) is 0 Å². The van der Waals surface area contributed by atoms with E-state index in [1.807, 2.05) is 56.3 Å². The summed E-state index contributed by atoms with van der Waals surface area (Å²) in [6.07, 6.45) is 0. The number of aromatic nitrogens is 3.